The first kappa shape index (κ1) is 21.9. The number of fused-ring (bicyclic) bond motifs is 1. The molecule has 1 aliphatic heterocycles. The Balaban J connectivity index is 1.49. The standard InChI is InChI=1S/C27H32N4O/c1-18-16-27(4,5)30(6)25-13-12-21(14-24(18)25)17-28-29-26(32)22-8-7-9-23(15-22)31-19(2)10-11-20(31)3/h7-15,17-18H,16H2,1-6H3,(H,29,32)/b28-17-. The Labute approximate surface area is 190 Å². The van der Waals surface area contributed by atoms with Crippen molar-refractivity contribution in [1.82, 2.24) is 9.99 Å². The molecule has 0 radical (unpaired) electrons. The van der Waals surface area contributed by atoms with Crippen LogP contribution in [0.4, 0.5) is 5.69 Å². The Morgan fingerprint density at radius 2 is 1.81 bits per heavy atom. The van der Waals surface area contributed by atoms with Crippen LogP contribution in [0.25, 0.3) is 5.69 Å². The molecule has 0 bridgehead atoms. The van der Waals surface area contributed by atoms with Crippen molar-refractivity contribution in [3.05, 3.63) is 82.7 Å². The average molecular weight is 429 g/mol. The second-order valence-electron chi connectivity index (χ2n) is 9.50. The molecular weight excluding hydrogens is 396 g/mol. The number of hydrazone groups is 1. The molecule has 5 nitrogen and oxygen atoms in total. The van der Waals surface area contributed by atoms with Crippen molar-refractivity contribution in [3.63, 3.8) is 0 Å². The molecule has 3 aromatic rings. The number of carbonyl (C=O) groups excluding carboxylic acids is 1. The van der Waals surface area contributed by atoms with E-state index in [9.17, 15) is 4.79 Å². The number of carbonyl (C=O) groups is 1. The number of aryl methyl sites for hydroxylation is 2. The van der Waals surface area contributed by atoms with E-state index in [0.29, 0.717) is 11.5 Å². The van der Waals surface area contributed by atoms with Gasteiger partial charge in [-0.2, -0.15) is 5.10 Å². The summed E-state index contributed by atoms with van der Waals surface area (Å²) in [7, 11) is 2.16. The van der Waals surface area contributed by atoms with E-state index >= 15 is 0 Å². The molecule has 1 aromatic heterocycles. The fourth-order valence-electron chi connectivity index (χ4n) is 4.77. The van der Waals surface area contributed by atoms with E-state index in [0.717, 1.165) is 29.1 Å². The molecule has 5 heteroatoms. The number of hydrogen-bond acceptors (Lipinski definition) is 3. The number of anilines is 1. The monoisotopic (exact) mass is 428 g/mol. The fraction of sp³-hybridized carbons (Fsp3) is 0.333. The van der Waals surface area contributed by atoms with Crippen molar-refractivity contribution in [3.8, 4) is 5.69 Å². The van der Waals surface area contributed by atoms with Gasteiger partial charge >= 0.3 is 0 Å². The quantitative estimate of drug-likeness (QED) is 0.436. The molecule has 166 valence electrons. The van der Waals surface area contributed by atoms with Crippen LogP contribution >= 0.6 is 0 Å². The molecule has 1 unspecified atom stereocenters. The smallest absolute Gasteiger partial charge is 0.271 e. The Kier molecular flexibility index (Phi) is 5.68. The average Bonchev–Trinajstić information content (AvgIpc) is 3.10. The van der Waals surface area contributed by atoms with Gasteiger partial charge in [0.15, 0.2) is 0 Å². The number of aromatic nitrogens is 1. The highest BCUT2D eigenvalue weighted by Gasteiger charge is 2.33. The molecule has 0 aliphatic carbocycles. The molecule has 1 amide bonds. The number of nitrogens with zero attached hydrogens (tertiary/aromatic N) is 3. The van der Waals surface area contributed by atoms with Gasteiger partial charge in [-0.3, -0.25) is 4.79 Å². The summed E-state index contributed by atoms with van der Waals surface area (Å²) in [5.41, 5.74) is 10.2. The van der Waals surface area contributed by atoms with Gasteiger partial charge in [-0.1, -0.05) is 19.1 Å². The first-order chi connectivity index (χ1) is 15.2. The van der Waals surface area contributed by atoms with Crippen LogP contribution in [-0.4, -0.2) is 29.3 Å². The van der Waals surface area contributed by atoms with Gasteiger partial charge in [-0.15, -0.1) is 0 Å². The number of nitrogens with one attached hydrogen (secondary N) is 1. The Morgan fingerprint density at radius 3 is 2.53 bits per heavy atom. The molecule has 32 heavy (non-hydrogen) atoms. The summed E-state index contributed by atoms with van der Waals surface area (Å²) < 4.78 is 2.13. The van der Waals surface area contributed by atoms with Crippen LogP contribution < -0.4 is 10.3 Å². The molecule has 0 fully saturated rings. The van der Waals surface area contributed by atoms with Crippen LogP contribution in [0.5, 0.6) is 0 Å². The van der Waals surface area contributed by atoms with E-state index in [1.807, 2.05) is 18.2 Å². The predicted molar refractivity (Wildman–Crippen MR) is 132 cm³/mol. The minimum Gasteiger partial charge on any atom is -0.369 e. The summed E-state index contributed by atoms with van der Waals surface area (Å²) in [5, 5.41) is 4.22. The molecule has 0 saturated heterocycles. The maximum atomic E-state index is 12.7. The normalized spacial score (nSPS) is 17.4. The van der Waals surface area contributed by atoms with E-state index in [2.05, 4.69) is 92.0 Å². The Morgan fingerprint density at radius 1 is 1.09 bits per heavy atom. The summed E-state index contributed by atoms with van der Waals surface area (Å²) in [6.07, 6.45) is 2.82. The zero-order valence-corrected chi connectivity index (χ0v) is 19.8. The van der Waals surface area contributed by atoms with Crippen molar-refractivity contribution < 1.29 is 4.79 Å². The number of benzene rings is 2. The Hall–Kier alpha value is -3.34. The number of rotatable bonds is 4. The highest BCUT2D eigenvalue weighted by atomic mass is 16.2. The number of amides is 1. The van der Waals surface area contributed by atoms with Gasteiger partial charge in [-0.05, 0) is 93.6 Å². The molecular formula is C27H32N4O. The summed E-state index contributed by atoms with van der Waals surface area (Å²) in [5.74, 6) is 0.251. The van der Waals surface area contributed by atoms with Crippen molar-refractivity contribution >= 4 is 17.8 Å². The molecule has 1 aliphatic rings. The second-order valence-corrected chi connectivity index (χ2v) is 9.50. The van der Waals surface area contributed by atoms with E-state index < -0.39 is 0 Å². The first-order valence-electron chi connectivity index (χ1n) is 11.1. The SMILES string of the molecule is Cc1ccc(C)n1-c1cccc(C(=O)N/N=C\c2ccc3c(c2)C(C)CC(C)(C)N3C)c1. The van der Waals surface area contributed by atoms with E-state index in [-0.39, 0.29) is 11.4 Å². The van der Waals surface area contributed by atoms with Crippen LogP contribution in [0.1, 0.15) is 66.0 Å². The third-order valence-corrected chi connectivity index (χ3v) is 6.67. The maximum Gasteiger partial charge on any atom is 0.271 e. The molecule has 1 N–H and O–H groups in total. The van der Waals surface area contributed by atoms with Gasteiger partial charge in [0.1, 0.15) is 0 Å². The van der Waals surface area contributed by atoms with Gasteiger partial charge in [0, 0.05) is 40.9 Å². The summed E-state index contributed by atoms with van der Waals surface area (Å²) >= 11 is 0. The summed E-state index contributed by atoms with van der Waals surface area (Å²) in [4.78, 5) is 15.0. The zero-order chi connectivity index (χ0) is 23.0. The van der Waals surface area contributed by atoms with Gasteiger partial charge in [0.25, 0.3) is 5.91 Å². The highest BCUT2D eigenvalue weighted by Crippen LogP contribution is 2.42. The molecule has 1 atom stereocenters. The van der Waals surface area contributed by atoms with E-state index in [1.165, 1.54) is 11.3 Å². The fourth-order valence-corrected chi connectivity index (χ4v) is 4.77. The largest absolute Gasteiger partial charge is 0.369 e. The molecule has 2 heterocycles. The van der Waals surface area contributed by atoms with Gasteiger partial charge in [0.2, 0.25) is 0 Å². The third-order valence-electron chi connectivity index (χ3n) is 6.67. The molecule has 0 saturated carbocycles. The van der Waals surface area contributed by atoms with Gasteiger partial charge < -0.3 is 9.47 Å². The minimum absolute atomic E-state index is 0.141. The molecule has 0 spiro atoms. The lowest BCUT2D eigenvalue weighted by molar-refractivity contribution is 0.0955. The molecule has 4 rings (SSSR count). The topological polar surface area (TPSA) is 49.6 Å². The van der Waals surface area contributed by atoms with Crippen molar-refractivity contribution in [2.45, 2.75) is 52.5 Å². The first-order valence-corrected chi connectivity index (χ1v) is 11.1. The lowest BCUT2D eigenvalue weighted by Gasteiger charge is -2.45. The Bertz CT molecular complexity index is 1170. The van der Waals surface area contributed by atoms with Crippen molar-refractivity contribution in [2.75, 3.05) is 11.9 Å². The predicted octanol–water partition coefficient (Wildman–Crippen LogP) is 5.58. The lowest BCUT2D eigenvalue weighted by atomic mass is 9.80. The van der Waals surface area contributed by atoms with Gasteiger partial charge in [-0.25, -0.2) is 5.43 Å². The van der Waals surface area contributed by atoms with Crippen LogP contribution in [0, 0.1) is 13.8 Å². The molecule has 2 aromatic carbocycles. The second kappa shape index (κ2) is 8.30. The third kappa shape index (κ3) is 4.07. The lowest BCUT2D eigenvalue weighted by Crippen LogP contribution is -2.45. The van der Waals surface area contributed by atoms with Crippen molar-refractivity contribution in [1.29, 1.82) is 0 Å². The van der Waals surface area contributed by atoms with Crippen LogP contribution in [0.15, 0.2) is 59.7 Å². The van der Waals surface area contributed by atoms with Crippen LogP contribution in [0.3, 0.4) is 0 Å². The maximum absolute atomic E-state index is 12.7. The summed E-state index contributed by atoms with van der Waals surface area (Å²) in [6.45, 7) is 11.0. The minimum atomic E-state index is -0.224. The summed E-state index contributed by atoms with van der Waals surface area (Å²) in [6, 6.07) is 18.1. The van der Waals surface area contributed by atoms with Crippen LogP contribution in [0.2, 0.25) is 0 Å². The zero-order valence-electron chi connectivity index (χ0n) is 19.8. The van der Waals surface area contributed by atoms with Crippen molar-refractivity contribution in [2.24, 2.45) is 5.10 Å². The van der Waals surface area contributed by atoms with E-state index in [1.54, 1.807) is 12.3 Å². The van der Waals surface area contributed by atoms with E-state index in [4.69, 9.17) is 0 Å². The van der Waals surface area contributed by atoms with Gasteiger partial charge in [0.05, 0.1) is 6.21 Å². The van der Waals surface area contributed by atoms with Crippen LogP contribution in [-0.2, 0) is 0 Å². The number of hydrogen-bond donors (Lipinski definition) is 1. The highest BCUT2D eigenvalue weighted by molar-refractivity contribution is 5.95.